The summed E-state index contributed by atoms with van der Waals surface area (Å²) in [4.78, 5) is 11.6. The third-order valence-corrected chi connectivity index (χ3v) is 7.79. The van der Waals surface area contributed by atoms with Crippen LogP contribution in [0.1, 0.15) is 18.4 Å². The Labute approximate surface area is 139 Å². The molecule has 1 aromatic rings. The minimum absolute atomic E-state index is 0.0865. The van der Waals surface area contributed by atoms with E-state index in [1.807, 2.05) is 35.7 Å². The smallest absolute Gasteiger partial charge is 0.306 e. The van der Waals surface area contributed by atoms with Crippen LogP contribution >= 0.6 is 23.5 Å². The van der Waals surface area contributed by atoms with E-state index >= 15 is 0 Å². The van der Waals surface area contributed by atoms with Crippen LogP contribution in [0.4, 0.5) is 0 Å². The summed E-state index contributed by atoms with van der Waals surface area (Å²) in [6.45, 7) is 0.507. The second kappa shape index (κ2) is 6.62. The van der Waals surface area contributed by atoms with Gasteiger partial charge in [-0.25, -0.2) is 0 Å². The summed E-state index contributed by atoms with van der Waals surface area (Å²) >= 11 is 3.86. The summed E-state index contributed by atoms with van der Waals surface area (Å²) in [6.07, 6.45) is 1.69. The molecule has 1 unspecified atom stereocenters. The molecule has 1 aromatic carbocycles. The molecule has 0 aromatic heterocycles. The van der Waals surface area contributed by atoms with E-state index in [0.717, 1.165) is 23.0 Å². The number of carbonyl (C=O) groups excluding carboxylic acids is 1. The van der Waals surface area contributed by atoms with E-state index in [0.29, 0.717) is 13.0 Å². The molecular formula is C16H20O4S2. The number of hydrogen-bond donors (Lipinski definition) is 0. The van der Waals surface area contributed by atoms with Crippen molar-refractivity contribution < 1.29 is 19.0 Å². The molecule has 2 aliphatic heterocycles. The second-order valence-corrected chi connectivity index (χ2v) is 8.31. The monoisotopic (exact) mass is 340 g/mol. The van der Waals surface area contributed by atoms with E-state index < -0.39 is 0 Å². The molecule has 1 atom stereocenters. The lowest BCUT2D eigenvalue weighted by Crippen LogP contribution is -2.32. The fourth-order valence-corrected chi connectivity index (χ4v) is 6.56. The van der Waals surface area contributed by atoms with Crippen LogP contribution < -0.4 is 9.47 Å². The van der Waals surface area contributed by atoms with Gasteiger partial charge in [-0.2, -0.15) is 0 Å². The molecule has 4 nitrogen and oxygen atoms in total. The van der Waals surface area contributed by atoms with Crippen molar-refractivity contribution >= 4 is 29.5 Å². The van der Waals surface area contributed by atoms with Gasteiger partial charge in [0.05, 0.1) is 31.3 Å². The van der Waals surface area contributed by atoms with E-state index in [1.54, 1.807) is 14.2 Å². The average Bonchev–Trinajstić information content (AvgIpc) is 3.01. The van der Waals surface area contributed by atoms with Crippen LogP contribution in [0, 0.1) is 5.92 Å². The van der Waals surface area contributed by atoms with Gasteiger partial charge in [-0.3, -0.25) is 4.79 Å². The van der Waals surface area contributed by atoms with E-state index in [4.69, 9.17) is 14.2 Å². The summed E-state index contributed by atoms with van der Waals surface area (Å²) in [5.74, 6) is 3.78. The van der Waals surface area contributed by atoms with Gasteiger partial charge < -0.3 is 14.2 Å². The van der Waals surface area contributed by atoms with Crippen LogP contribution in [0.2, 0.25) is 0 Å². The molecule has 22 heavy (non-hydrogen) atoms. The standard InChI is InChI=1S/C16H20O4S2/c1-18-13-5-4-11(8-14(13)19-2)16(21-6-3-7-22-16)12-9-15(17)20-10-12/h4-5,8,12H,3,6-7,9-10H2,1-2H3. The molecule has 0 aliphatic carbocycles. The first-order valence-electron chi connectivity index (χ1n) is 7.35. The Morgan fingerprint density at radius 2 is 1.91 bits per heavy atom. The van der Waals surface area contributed by atoms with Crippen molar-refractivity contribution in [2.75, 3.05) is 32.3 Å². The van der Waals surface area contributed by atoms with Gasteiger partial charge in [-0.1, -0.05) is 6.07 Å². The number of ether oxygens (including phenoxy) is 3. The van der Waals surface area contributed by atoms with Crippen molar-refractivity contribution in [1.82, 2.24) is 0 Å². The number of hydrogen-bond acceptors (Lipinski definition) is 6. The molecule has 2 fully saturated rings. The molecule has 3 rings (SSSR count). The number of carbonyl (C=O) groups is 1. The topological polar surface area (TPSA) is 44.8 Å². The lowest BCUT2D eigenvalue weighted by molar-refractivity contribution is -0.137. The highest BCUT2D eigenvalue weighted by Gasteiger charge is 2.47. The maximum atomic E-state index is 11.6. The van der Waals surface area contributed by atoms with Gasteiger partial charge in [-0.15, -0.1) is 23.5 Å². The zero-order chi connectivity index (χ0) is 15.6. The fraction of sp³-hybridized carbons (Fsp3) is 0.562. The Bertz CT molecular complexity index is 555. The molecular weight excluding hydrogens is 320 g/mol. The summed E-state index contributed by atoms with van der Waals surface area (Å²) in [7, 11) is 3.29. The molecule has 0 amide bonds. The molecule has 2 aliphatic rings. The first-order valence-corrected chi connectivity index (χ1v) is 9.33. The maximum absolute atomic E-state index is 11.6. The minimum atomic E-state index is -0.135. The number of methoxy groups -OCH3 is 2. The van der Waals surface area contributed by atoms with Gasteiger partial charge in [0.15, 0.2) is 11.5 Å². The van der Waals surface area contributed by atoms with E-state index in [1.165, 1.54) is 12.0 Å². The van der Waals surface area contributed by atoms with Gasteiger partial charge in [0.1, 0.15) is 0 Å². The fourth-order valence-electron chi connectivity index (χ4n) is 3.00. The highest BCUT2D eigenvalue weighted by atomic mass is 32.2. The number of rotatable bonds is 4. The molecule has 0 saturated carbocycles. The third kappa shape index (κ3) is 2.78. The third-order valence-electron chi connectivity index (χ3n) is 4.10. The number of benzene rings is 1. The van der Waals surface area contributed by atoms with Crippen LogP contribution in [0.3, 0.4) is 0 Å². The SMILES string of the molecule is COc1ccc(C2(C3COC(=O)C3)SCCCS2)cc1OC. The Morgan fingerprint density at radius 3 is 2.50 bits per heavy atom. The maximum Gasteiger partial charge on any atom is 0.306 e. The predicted octanol–water partition coefficient (Wildman–Crippen LogP) is 3.29. The molecule has 0 N–H and O–H groups in total. The van der Waals surface area contributed by atoms with Crippen molar-refractivity contribution in [3.8, 4) is 11.5 Å². The first-order chi connectivity index (χ1) is 10.7. The van der Waals surface area contributed by atoms with Gasteiger partial charge in [0.2, 0.25) is 0 Å². The van der Waals surface area contributed by atoms with Crippen molar-refractivity contribution in [3.05, 3.63) is 23.8 Å². The quantitative estimate of drug-likeness (QED) is 0.784. The summed E-state index contributed by atoms with van der Waals surface area (Å²) < 4.78 is 15.9. The largest absolute Gasteiger partial charge is 0.493 e. The van der Waals surface area contributed by atoms with Crippen LogP contribution in [0.5, 0.6) is 11.5 Å². The van der Waals surface area contributed by atoms with Crippen LogP contribution in [-0.2, 0) is 13.6 Å². The Balaban J connectivity index is 2.00. The summed E-state index contributed by atoms with van der Waals surface area (Å²) in [5, 5.41) is 0. The van der Waals surface area contributed by atoms with E-state index in [9.17, 15) is 4.79 Å². The second-order valence-electron chi connectivity index (χ2n) is 5.37. The summed E-state index contributed by atoms with van der Waals surface area (Å²) in [6, 6.07) is 6.09. The van der Waals surface area contributed by atoms with Crippen LogP contribution in [0.25, 0.3) is 0 Å². The van der Waals surface area contributed by atoms with Crippen LogP contribution in [-0.4, -0.2) is 38.3 Å². The molecule has 0 bridgehead atoms. The lowest BCUT2D eigenvalue weighted by atomic mass is 9.96. The lowest BCUT2D eigenvalue weighted by Gasteiger charge is -2.40. The van der Waals surface area contributed by atoms with Crippen molar-refractivity contribution in [2.24, 2.45) is 5.92 Å². The average molecular weight is 340 g/mol. The van der Waals surface area contributed by atoms with Crippen molar-refractivity contribution in [1.29, 1.82) is 0 Å². The van der Waals surface area contributed by atoms with Gasteiger partial charge >= 0.3 is 5.97 Å². The Hall–Kier alpha value is -1.01. The first kappa shape index (κ1) is 15.9. The Kier molecular flexibility index (Phi) is 4.78. The molecule has 0 radical (unpaired) electrons. The highest BCUT2D eigenvalue weighted by molar-refractivity contribution is 8.18. The summed E-state index contributed by atoms with van der Waals surface area (Å²) in [5.41, 5.74) is 1.18. The van der Waals surface area contributed by atoms with Gasteiger partial charge in [-0.05, 0) is 35.6 Å². The normalized spacial score (nSPS) is 23.9. The molecule has 120 valence electrons. The number of thioether (sulfide) groups is 2. The molecule has 0 spiro atoms. The van der Waals surface area contributed by atoms with Crippen LogP contribution in [0.15, 0.2) is 18.2 Å². The van der Waals surface area contributed by atoms with E-state index in [-0.39, 0.29) is 16.0 Å². The van der Waals surface area contributed by atoms with Gasteiger partial charge in [0.25, 0.3) is 0 Å². The zero-order valence-electron chi connectivity index (χ0n) is 12.8. The van der Waals surface area contributed by atoms with E-state index in [2.05, 4.69) is 6.07 Å². The zero-order valence-corrected chi connectivity index (χ0v) is 14.4. The number of esters is 1. The van der Waals surface area contributed by atoms with Gasteiger partial charge in [0, 0.05) is 5.92 Å². The predicted molar refractivity (Wildman–Crippen MR) is 89.8 cm³/mol. The highest BCUT2D eigenvalue weighted by Crippen LogP contribution is 2.58. The minimum Gasteiger partial charge on any atom is -0.493 e. The van der Waals surface area contributed by atoms with Crippen molar-refractivity contribution in [3.63, 3.8) is 0 Å². The number of cyclic esters (lactones) is 1. The molecule has 2 heterocycles. The molecule has 2 saturated heterocycles. The molecule has 6 heteroatoms. The Morgan fingerprint density at radius 1 is 1.18 bits per heavy atom. The van der Waals surface area contributed by atoms with Crippen molar-refractivity contribution in [2.45, 2.75) is 16.9 Å².